The fourth-order valence-corrected chi connectivity index (χ4v) is 3.31. The van der Waals surface area contributed by atoms with E-state index in [1.165, 1.54) is 51.4 Å². The van der Waals surface area contributed by atoms with Crippen LogP contribution in [0.15, 0.2) is 24.3 Å². The zero-order valence-corrected chi connectivity index (χ0v) is 18.7. The van der Waals surface area contributed by atoms with Crippen molar-refractivity contribution < 1.29 is 19.1 Å². The smallest absolute Gasteiger partial charge is 0.306 e. The molecule has 0 unspecified atom stereocenters. The average molecular weight is 425 g/mol. The molecular formula is C24H37ClO4. The molecule has 1 rings (SSSR count). The number of unbranched alkanes of at least 4 members (excludes halogenated alkanes) is 9. The molecule has 0 radical (unpaired) electrons. The monoisotopic (exact) mass is 424 g/mol. The summed E-state index contributed by atoms with van der Waals surface area (Å²) in [6.45, 7) is 2.97. The summed E-state index contributed by atoms with van der Waals surface area (Å²) in [5, 5.41) is 0.666. The summed E-state index contributed by atoms with van der Waals surface area (Å²) in [6.07, 6.45) is 13.2. The molecule has 0 bridgehead atoms. The van der Waals surface area contributed by atoms with Crippen LogP contribution in [0.2, 0.25) is 5.02 Å². The highest BCUT2D eigenvalue weighted by molar-refractivity contribution is 6.30. The van der Waals surface area contributed by atoms with Crippen LogP contribution in [0.25, 0.3) is 0 Å². The third kappa shape index (κ3) is 15.0. The Hall–Kier alpha value is -1.55. The van der Waals surface area contributed by atoms with E-state index in [2.05, 4.69) is 6.92 Å². The molecule has 0 aliphatic heterocycles. The summed E-state index contributed by atoms with van der Waals surface area (Å²) in [5.41, 5.74) is 1.02. The largest absolute Gasteiger partial charge is 0.466 e. The van der Waals surface area contributed by atoms with Gasteiger partial charge in [-0.2, -0.15) is 0 Å². The van der Waals surface area contributed by atoms with Crippen molar-refractivity contribution >= 4 is 23.5 Å². The van der Waals surface area contributed by atoms with Crippen molar-refractivity contribution in [2.75, 3.05) is 13.2 Å². The Bertz CT molecular complexity index is 574. The predicted molar refractivity (Wildman–Crippen MR) is 118 cm³/mol. The molecule has 4 nitrogen and oxygen atoms in total. The van der Waals surface area contributed by atoms with Gasteiger partial charge in [-0.25, -0.2) is 0 Å². The Morgan fingerprint density at radius 2 is 1.34 bits per heavy atom. The third-order valence-corrected chi connectivity index (χ3v) is 5.07. The summed E-state index contributed by atoms with van der Waals surface area (Å²) in [7, 11) is 0. The van der Waals surface area contributed by atoms with Crippen molar-refractivity contribution in [1.29, 1.82) is 0 Å². The number of carbonyl (C=O) groups is 2. The van der Waals surface area contributed by atoms with Crippen LogP contribution in [0.4, 0.5) is 0 Å². The normalized spacial score (nSPS) is 10.7. The SMILES string of the molecule is CCCCCCCCCCCCOC(=O)CCC(=O)OCCc1cccc(Cl)c1. The first kappa shape index (κ1) is 25.5. The zero-order valence-electron chi connectivity index (χ0n) is 17.9. The highest BCUT2D eigenvalue weighted by atomic mass is 35.5. The minimum atomic E-state index is -0.372. The number of esters is 2. The summed E-state index contributed by atoms with van der Waals surface area (Å²) < 4.78 is 10.3. The highest BCUT2D eigenvalue weighted by Crippen LogP contribution is 2.12. The van der Waals surface area contributed by atoms with Crippen LogP contribution in [-0.4, -0.2) is 25.2 Å². The van der Waals surface area contributed by atoms with E-state index in [1.807, 2.05) is 18.2 Å². The van der Waals surface area contributed by atoms with Crippen LogP contribution in [0.3, 0.4) is 0 Å². The first-order valence-electron chi connectivity index (χ1n) is 11.2. The molecule has 0 aliphatic rings. The number of rotatable bonds is 17. The minimum absolute atomic E-state index is 0.0619. The second-order valence-electron chi connectivity index (χ2n) is 7.50. The summed E-state index contributed by atoms with van der Waals surface area (Å²) in [6, 6.07) is 7.45. The Morgan fingerprint density at radius 3 is 1.93 bits per heavy atom. The zero-order chi connectivity index (χ0) is 21.2. The molecule has 0 fully saturated rings. The van der Waals surface area contributed by atoms with Gasteiger partial charge in [-0.1, -0.05) is 88.4 Å². The van der Waals surface area contributed by atoms with E-state index >= 15 is 0 Å². The lowest BCUT2D eigenvalue weighted by atomic mass is 10.1. The van der Waals surface area contributed by atoms with Crippen molar-refractivity contribution in [1.82, 2.24) is 0 Å². The van der Waals surface area contributed by atoms with Gasteiger partial charge in [0.2, 0.25) is 0 Å². The van der Waals surface area contributed by atoms with Crippen LogP contribution in [0.1, 0.15) is 89.5 Å². The molecule has 1 aromatic carbocycles. The molecule has 0 saturated heterocycles. The van der Waals surface area contributed by atoms with Crippen LogP contribution < -0.4 is 0 Å². The van der Waals surface area contributed by atoms with E-state index in [0.29, 0.717) is 18.1 Å². The van der Waals surface area contributed by atoms with E-state index in [0.717, 1.165) is 18.4 Å². The van der Waals surface area contributed by atoms with Gasteiger partial charge in [-0.3, -0.25) is 9.59 Å². The first-order chi connectivity index (χ1) is 14.1. The van der Waals surface area contributed by atoms with Crippen LogP contribution in [0, 0.1) is 0 Å². The van der Waals surface area contributed by atoms with Crippen LogP contribution in [-0.2, 0) is 25.5 Å². The maximum atomic E-state index is 11.7. The number of hydrogen-bond acceptors (Lipinski definition) is 4. The second kappa shape index (κ2) is 17.3. The maximum absolute atomic E-state index is 11.7. The lowest BCUT2D eigenvalue weighted by molar-refractivity contribution is -0.150. The molecule has 0 heterocycles. The van der Waals surface area contributed by atoms with E-state index in [9.17, 15) is 9.59 Å². The maximum Gasteiger partial charge on any atom is 0.306 e. The van der Waals surface area contributed by atoms with Gasteiger partial charge < -0.3 is 9.47 Å². The number of carbonyl (C=O) groups excluding carboxylic acids is 2. The average Bonchev–Trinajstić information content (AvgIpc) is 2.70. The molecule has 1 aromatic rings. The van der Waals surface area contributed by atoms with Crippen LogP contribution in [0.5, 0.6) is 0 Å². The van der Waals surface area contributed by atoms with Crippen molar-refractivity contribution in [3.05, 3.63) is 34.9 Å². The molecule has 0 aliphatic carbocycles. The highest BCUT2D eigenvalue weighted by Gasteiger charge is 2.09. The Balaban J connectivity index is 1.91. The van der Waals surface area contributed by atoms with Gasteiger partial charge in [0.15, 0.2) is 0 Å². The number of hydrogen-bond donors (Lipinski definition) is 0. The van der Waals surface area contributed by atoms with Crippen LogP contribution >= 0.6 is 11.6 Å². The Morgan fingerprint density at radius 1 is 0.793 bits per heavy atom. The van der Waals surface area contributed by atoms with Gasteiger partial charge in [-0.15, -0.1) is 0 Å². The molecular weight excluding hydrogens is 388 g/mol. The van der Waals surface area contributed by atoms with Crippen molar-refractivity contribution in [2.24, 2.45) is 0 Å². The topological polar surface area (TPSA) is 52.6 Å². The van der Waals surface area contributed by atoms with Crippen molar-refractivity contribution in [3.8, 4) is 0 Å². The van der Waals surface area contributed by atoms with Gasteiger partial charge in [0, 0.05) is 11.4 Å². The first-order valence-corrected chi connectivity index (χ1v) is 11.5. The summed E-state index contributed by atoms with van der Waals surface area (Å²) in [5.74, 6) is -0.698. The van der Waals surface area contributed by atoms with Crippen molar-refractivity contribution in [3.63, 3.8) is 0 Å². The molecule has 0 spiro atoms. The van der Waals surface area contributed by atoms with Gasteiger partial charge in [0.25, 0.3) is 0 Å². The summed E-state index contributed by atoms with van der Waals surface area (Å²) in [4.78, 5) is 23.4. The molecule has 0 N–H and O–H groups in total. The van der Waals surface area contributed by atoms with E-state index < -0.39 is 0 Å². The third-order valence-electron chi connectivity index (χ3n) is 4.84. The predicted octanol–water partition coefficient (Wildman–Crippen LogP) is 6.67. The van der Waals surface area contributed by atoms with Gasteiger partial charge in [0.05, 0.1) is 26.1 Å². The summed E-state index contributed by atoms with van der Waals surface area (Å²) >= 11 is 5.92. The molecule has 29 heavy (non-hydrogen) atoms. The lowest BCUT2D eigenvalue weighted by Crippen LogP contribution is -2.12. The molecule has 5 heteroatoms. The fourth-order valence-electron chi connectivity index (χ4n) is 3.10. The standard InChI is InChI=1S/C24H37ClO4/c1-2-3-4-5-6-7-8-9-10-11-18-28-23(26)15-16-24(27)29-19-17-21-13-12-14-22(25)20-21/h12-14,20H,2-11,15-19H2,1H3. The molecule has 0 amide bonds. The molecule has 0 aromatic heterocycles. The molecule has 164 valence electrons. The Kier molecular flexibility index (Phi) is 15.2. The second-order valence-corrected chi connectivity index (χ2v) is 7.94. The number of ether oxygens (including phenoxy) is 2. The lowest BCUT2D eigenvalue weighted by Gasteiger charge is -2.06. The molecule has 0 saturated carbocycles. The van der Waals surface area contributed by atoms with Gasteiger partial charge >= 0.3 is 11.9 Å². The number of benzene rings is 1. The minimum Gasteiger partial charge on any atom is -0.466 e. The Labute approximate surface area is 181 Å². The quantitative estimate of drug-likeness (QED) is 0.207. The molecule has 0 atom stereocenters. The van der Waals surface area contributed by atoms with Gasteiger partial charge in [-0.05, 0) is 24.1 Å². The van der Waals surface area contributed by atoms with Crippen molar-refractivity contribution in [2.45, 2.75) is 90.4 Å². The number of halogens is 1. The van der Waals surface area contributed by atoms with Gasteiger partial charge in [0.1, 0.15) is 0 Å². The van der Waals surface area contributed by atoms with E-state index in [-0.39, 0.29) is 31.4 Å². The van der Waals surface area contributed by atoms with E-state index in [1.54, 1.807) is 6.07 Å². The van der Waals surface area contributed by atoms with E-state index in [4.69, 9.17) is 21.1 Å². The fraction of sp³-hybridized carbons (Fsp3) is 0.667.